The third kappa shape index (κ3) is 1.67. The van der Waals surface area contributed by atoms with E-state index >= 15 is 0 Å². The van der Waals surface area contributed by atoms with Crippen LogP contribution < -0.4 is 16.4 Å². The predicted molar refractivity (Wildman–Crippen MR) is 117 cm³/mol. The van der Waals surface area contributed by atoms with Crippen LogP contribution in [0.4, 0.5) is 0 Å². The predicted octanol–water partition coefficient (Wildman–Crippen LogP) is 3.97. The molecule has 130 valence electrons. The van der Waals surface area contributed by atoms with Gasteiger partial charge in [-0.15, -0.1) is 0 Å². The lowest BCUT2D eigenvalue weighted by Gasteiger charge is -2.47. The summed E-state index contributed by atoms with van der Waals surface area (Å²) in [5.41, 5.74) is 13.4. The van der Waals surface area contributed by atoms with Crippen molar-refractivity contribution in [1.29, 1.82) is 0 Å². The van der Waals surface area contributed by atoms with Gasteiger partial charge in [-0.05, 0) is 33.4 Å². The molecule has 0 nitrogen and oxygen atoms in total. The van der Waals surface area contributed by atoms with Gasteiger partial charge in [0.15, 0.2) is 0 Å². The first kappa shape index (κ1) is 15.5. The van der Waals surface area contributed by atoms with Gasteiger partial charge in [0.1, 0.15) is 0 Å². The van der Waals surface area contributed by atoms with E-state index in [0.717, 1.165) is 0 Å². The standard InChI is InChI=1S/C26H23B/c1-25(2)18-10-5-8-16-14-15-17-9-6-11-19-23(17)27(22(16)18)24-20(25)12-7-13-21(24)26(19,3)4/h5-15H,1-4H3. The van der Waals surface area contributed by atoms with Crippen LogP contribution in [0.5, 0.6) is 0 Å². The highest BCUT2D eigenvalue weighted by Gasteiger charge is 2.49. The molecule has 0 fully saturated rings. The first-order valence-corrected chi connectivity index (χ1v) is 10.0. The summed E-state index contributed by atoms with van der Waals surface area (Å²) in [6.45, 7) is 9.95. The summed E-state index contributed by atoms with van der Waals surface area (Å²) >= 11 is 0. The van der Waals surface area contributed by atoms with E-state index in [2.05, 4.69) is 94.4 Å². The Kier molecular flexibility index (Phi) is 2.67. The normalized spacial score (nSPS) is 18.7. The maximum absolute atomic E-state index is 2.40. The van der Waals surface area contributed by atoms with Crippen LogP contribution in [0.1, 0.15) is 61.1 Å². The molecule has 27 heavy (non-hydrogen) atoms. The molecule has 0 radical (unpaired) electrons. The van der Waals surface area contributed by atoms with Gasteiger partial charge in [0.05, 0.1) is 0 Å². The fourth-order valence-corrected chi connectivity index (χ4v) is 6.06. The molecule has 3 aromatic rings. The molecule has 6 rings (SSSR count). The van der Waals surface area contributed by atoms with Gasteiger partial charge in [0.25, 0.3) is 0 Å². The van der Waals surface area contributed by atoms with Crippen LogP contribution in [0.15, 0.2) is 54.6 Å². The Morgan fingerprint density at radius 2 is 0.889 bits per heavy atom. The Morgan fingerprint density at radius 3 is 1.33 bits per heavy atom. The molecular weight excluding hydrogens is 323 g/mol. The average molecular weight is 346 g/mol. The molecule has 3 aromatic carbocycles. The van der Waals surface area contributed by atoms with Crippen LogP contribution in [0.2, 0.25) is 0 Å². The highest BCUT2D eigenvalue weighted by molar-refractivity contribution is 6.98. The van der Waals surface area contributed by atoms with Crippen molar-refractivity contribution >= 4 is 35.3 Å². The number of hydrogen-bond acceptors (Lipinski definition) is 0. The molecule has 1 heteroatoms. The summed E-state index contributed by atoms with van der Waals surface area (Å²) in [6, 6.07) is 20.8. The molecule has 0 bridgehead atoms. The number of benzene rings is 3. The van der Waals surface area contributed by atoms with Gasteiger partial charge in [0, 0.05) is 10.8 Å². The van der Waals surface area contributed by atoms with Gasteiger partial charge in [-0.2, -0.15) is 0 Å². The highest BCUT2D eigenvalue weighted by atomic mass is 14.4. The lowest BCUT2D eigenvalue weighted by molar-refractivity contribution is 0.622. The van der Waals surface area contributed by atoms with E-state index in [9.17, 15) is 0 Å². The molecule has 0 N–H and O–H groups in total. The number of rotatable bonds is 0. The lowest BCUT2D eigenvalue weighted by atomic mass is 9.26. The summed E-state index contributed by atoms with van der Waals surface area (Å²) in [6.07, 6.45) is 4.67. The van der Waals surface area contributed by atoms with Gasteiger partial charge in [-0.25, -0.2) is 0 Å². The van der Waals surface area contributed by atoms with Crippen LogP contribution >= 0.6 is 0 Å². The zero-order valence-corrected chi connectivity index (χ0v) is 16.4. The maximum atomic E-state index is 2.40. The van der Waals surface area contributed by atoms with Crippen molar-refractivity contribution in [3.8, 4) is 0 Å². The minimum Gasteiger partial charge on any atom is -0.0617 e. The van der Waals surface area contributed by atoms with Crippen molar-refractivity contribution in [2.24, 2.45) is 0 Å². The third-order valence-electron chi connectivity index (χ3n) is 7.39. The van der Waals surface area contributed by atoms with Gasteiger partial charge in [-0.1, -0.05) is 111 Å². The minimum atomic E-state index is 0.0217. The summed E-state index contributed by atoms with van der Waals surface area (Å²) in [5, 5.41) is 0. The molecule has 3 aliphatic heterocycles. The van der Waals surface area contributed by atoms with Crippen LogP contribution in [-0.4, -0.2) is 6.71 Å². The van der Waals surface area contributed by atoms with Crippen molar-refractivity contribution < 1.29 is 0 Å². The van der Waals surface area contributed by atoms with Crippen LogP contribution in [0.25, 0.3) is 12.2 Å². The molecule has 0 saturated heterocycles. The van der Waals surface area contributed by atoms with Crippen LogP contribution in [-0.2, 0) is 10.8 Å². The zero-order chi connectivity index (χ0) is 18.6. The fourth-order valence-electron chi connectivity index (χ4n) is 6.06. The third-order valence-corrected chi connectivity index (χ3v) is 7.39. The molecule has 0 saturated carbocycles. The maximum Gasteiger partial charge on any atom is 0.244 e. The molecule has 0 atom stereocenters. The van der Waals surface area contributed by atoms with Crippen molar-refractivity contribution in [2.45, 2.75) is 38.5 Å². The first-order valence-electron chi connectivity index (χ1n) is 10.0. The topological polar surface area (TPSA) is 0 Å². The zero-order valence-electron chi connectivity index (χ0n) is 16.4. The van der Waals surface area contributed by atoms with E-state index in [0.29, 0.717) is 6.71 Å². The van der Waals surface area contributed by atoms with Gasteiger partial charge >= 0.3 is 0 Å². The Labute approximate surface area is 162 Å². The quantitative estimate of drug-likeness (QED) is 0.423. The second-order valence-electron chi connectivity index (χ2n) is 9.40. The molecule has 0 spiro atoms. The Hall–Kier alpha value is -2.54. The van der Waals surface area contributed by atoms with Gasteiger partial charge in [-0.3, -0.25) is 0 Å². The second kappa shape index (κ2) is 4.65. The molecule has 0 aromatic heterocycles. The van der Waals surface area contributed by atoms with Crippen molar-refractivity contribution in [1.82, 2.24) is 0 Å². The van der Waals surface area contributed by atoms with E-state index in [4.69, 9.17) is 0 Å². The van der Waals surface area contributed by atoms with E-state index in [1.54, 1.807) is 5.46 Å². The Bertz CT molecular complexity index is 1090. The van der Waals surface area contributed by atoms with Gasteiger partial charge < -0.3 is 0 Å². The summed E-state index contributed by atoms with van der Waals surface area (Å²) in [5.74, 6) is 0. The number of hydrogen-bond donors (Lipinski definition) is 0. The second-order valence-corrected chi connectivity index (χ2v) is 9.40. The lowest BCUT2D eigenvalue weighted by Crippen LogP contribution is -2.67. The molecule has 0 aliphatic carbocycles. The largest absolute Gasteiger partial charge is 0.244 e. The first-order chi connectivity index (χ1) is 12.9. The van der Waals surface area contributed by atoms with Crippen molar-refractivity contribution in [3.63, 3.8) is 0 Å². The monoisotopic (exact) mass is 346 g/mol. The molecule has 0 amide bonds. The summed E-state index contributed by atoms with van der Waals surface area (Å²) < 4.78 is 0. The van der Waals surface area contributed by atoms with E-state index in [1.165, 1.54) is 44.3 Å². The van der Waals surface area contributed by atoms with E-state index in [1.807, 2.05) is 0 Å². The van der Waals surface area contributed by atoms with Crippen molar-refractivity contribution in [2.75, 3.05) is 0 Å². The summed E-state index contributed by atoms with van der Waals surface area (Å²) in [7, 11) is 0. The highest BCUT2D eigenvalue weighted by Crippen LogP contribution is 2.41. The van der Waals surface area contributed by atoms with Gasteiger partial charge in [0.2, 0.25) is 6.71 Å². The van der Waals surface area contributed by atoms with E-state index in [-0.39, 0.29) is 10.8 Å². The fraction of sp³-hybridized carbons (Fsp3) is 0.231. The van der Waals surface area contributed by atoms with E-state index < -0.39 is 0 Å². The SMILES string of the molecule is CC1(C)c2cccc3c2B2c4c(cccc4C(C)(C)c4cccc1c42)C=C3. The minimum absolute atomic E-state index is 0.0217. The molecule has 3 heterocycles. The molecule has 3 aliphatic rings. The Morgan fingerprint density at radius 1 is 0.519 bits per heavy atom. The van der Waals surface area contributed by atoms with Crippen molar-refractivity contribution in [3.05, 3.63) is 88.0 Å². The van der Waals surface area contributed by atoms with Crippen LogP contribution in [0.3, 0.4) is 0 Å². The van der Waals surface area contributed by atoms with Crippen LogP contribution in [0, 0.1) is 0 Å². The summed E-state index contributed by atoms with van der Waals surface area (Å²) in [4.78, 5) is 0. The average Bonchev–Trinajstić information content (AvgIpc) is 2.82. The molecular formula is C26H23B. The molecule has 0 unspecified atom stereocenters. The smallest absolute Gasteiger partial charge is 0.0617 e. The Balaban J connectivity index is 1.89.